The van der Waals surface area contributed by atoms with E-state index in [0.29, 0.717) is 26.1 Å². The number of ether oxygens (including phenoxy) is 1. The van der Waals surface area contributed by atoms with Crippen molar-refractivity contribution in [2.24, 2.45) is 5.92 Å². The fourth-order valence-electron chi connectivity index (χ4n) is 3.57. The zero-order chi connectivity index (χ0) is 20.1. The summed E-state index contributed by atoms with van der Waals surface area (Å²) in [6, 6.07) is 16.2. The molecule has 1 saturated carbocycles. The highest BCUT2D eigenvalue weighted by atomic mass is 16.5. The molecule has 3 aromatic rings. The number of hydrogen-bond donors (Lipinski definition) is 1. The van der Waals surface area contributed by atoms with Gasteiger partial charge in [0.25, 0.3) is 0 Å². The van der Waals surface area contributed by atoms with Crippen molar-refractivity contribution in [1.82, 2.24) is 14.9 Å². The summed E-state index contributed by atoms with van der Waals surface area (Å²) in [5.74, 6) is 2.29. The molecule has 5 heteroatoms. The van der Waals surface area contributed by atoms with Gasteiger partial charge in [-0.25, -0.2) is 4.98 Å². The first kappa shape index (κ1) is 19.2. The predicted molar refractivity (Wildman–Crippen MR) is 115 cm³/mol. The monoisotopic (exact) mass is 389 g/mol. The molecule has 0 atom stereocenters. The zero-order valence-electron chi connectivity index (χ0n) is 16.6. The van der Waals surface area contributed by atoms with Gasteiger partial charge in [0, 0.05) is 18.9 Å². The minimum atomic E-state index is 0.176. The Kier molecular flexibility index (Phi) is 5.94. The molecular formula is C24H27N3O2. The summed E-state index contributed by atoms with van der Waals surface area (Å²) in [4.78, 5) is 16.7. The first-order chi connectivity index (χ1) is 14.3. The third kappa shape index (κ3) is 4.67. The van der Waals surface area contributed by atoms with E-state index in [1.54, 1.807) is 0 Å². The van der Waals surface area contributed by atoms with Crippen molar-refractivity contribution >= 4 is 16.9 Å². The van der Waals surface area contributed by atoms with Gasteiger partial charge in [-0.1, -0.05) is 36.4 Å². The highest BCUT2D eigenvalue weighted by molar-refractivity contribution is 5.80. The van der Waals surface area contributed by atoms with Gasteiger partial charge in [-0.15, -0.1) is 6.58 Å². The van der Waals surface area contributed by atoms with Gasteiger partial charge in [-0.3, -0.25) is 4.79 Å². The van der Waals surface area contributed by atoms with Crippen molar-refractivity contribution in [3.63, 3.8) is 0 Å². The number of nitrogens with one attached hydrogen (secondary N) is 1. The lowest BCUT2D eigenvalue weighted by Crippen LogP contribution is -2.27. The number of rotatable bonds is 10. The standard InChI is InChI=1S/C24H27N3O2/c1-2-7-18-8-3-6-11-22(18)29-17-16-27-21-10-5-4-9-20(21)26-23(27)14-15-25-24(28)19-12-13-19/h2-6,8-11,19H,1,7,12-17H2,(H,25,28). The molecule has 5 nitrogen and oxygen atoms in total. The Morgan fingerprint density at radius 2 is 2.00 bits per heavy atom. The average molecular weight is 389 g/mol. The summed E-state index contributed by atoms with van der Waals surface area (Å²) in [6.45, 7) is 5.69. The second-order valence-electron chi connectivity index (χ2n) is 7.43. The van der Waals surface area contributed by atoms with Gasteiger partial charge in [0.2, 0.25) is 5.91 Å². The first-order valence-corrected chi connectivity index (χ1v) is 10.3. The number of carbonyl (C=O) groups is 1. The van der Waals surface area contributed by atoms with Gasteiger partial charge in [0.1, 0.15) is 18.2 Å². The van der Waals surface area contributed by atoms with Gasteiger partial charge >= 0.3 is 0 Å². The smallest absolute Gasteiger partial charge is 0.223 e. The number of benzene rings is 2. The van der Waals surface area contributed by atoms with E-state index in [1.807, 2.05) is 42.5 Å². The summed E-state index contributed by atoms with van der Waals surface area (Å²) in [7, 11) is 0. The van der Waals surface area contributed by atoms with Gasteiger partial charge in [-0.05, 0) is 43.0 Å². The Morgan fingerprint density at radius 3 is 2.83 bits per heavy atom. The Balaban J connectivity index is 1.44. The predicted octanol–water partition coefficient (Wildman–Crippen LogP) is 3.91. The van der Waals surface area contributed by atoms with E-state index in [9.17, 15) is 4.79 Å². The number of imidazole rings is 1. The molecule has 0 bridgehead atoms. The van der Waals surface area contributed by atoms with E-state index in [-0.39, 0.29) is 11.8 Å². The number of aromatic nitrogens is 2. The van der Waals surface area contributed by atoms with Crippen molar-refractivity contribution < 1.29 is 9.53 Å². The second-order valence-corrected chi connectivity index (χ2v) is 7.43. The van der Waals surface area contributed by atoms with Crippen LogP contribution in [0, 0.1) is 5.92 Å². The van der Waals surface area contributed by atoms with E-state index >= 15 is 0 Å². The Labute approximate surface area is 171 Å². The molecule has 1 aromatic heterocycles. The molecule has 0 saturated heterocycles. The molecule has 1 N–H and O–H groups in total. The summed E-state index contributed by atoms with van der Waals surface area (Å²) >= 11 is 0. The molecule has 29 heavy (non-hydrogen) atoms. The third-order valence-corrected chi connectivity index (χ3v) is 5.24. The largest absolute Gasteiger partial charge is 0.491 e. The van der Waals surface area contributed by atoms with Gasteiger partial charge < -0.3 is 14.6 Å². The molecule has 1 amide bonds. The molecule has 0 aliphatic heterocycles. The van der Waals surface area contributed by atoms with E-state index in [1.165, 1.54) is 0 Å². The Morgan fingerprint density at radius 1 is 1.21 bits per heavy atom. The van der Waals surface area contributed by atoms with Crippen molar-refractivity contribution in [2.45, 2.75) is 32.2 Å². The number of fused-ring (bicyclic) bond motifs is 1. The molecule has 2 aromatic carbocycles. The van der Waals surface area contributed by atoms with Crippen LogP contribution < -0.4 is 10.1 Å². The highest BCUT2D eigenvalue weighted by Crippen LogP contribution is 2.28. The van der Waals surface area contributed by atoms with Crippen LogP contribution in [0.15, 0.2) is 61.2 Å². The molecule has 1 aliphatic rings. The maximum Gasteiger partial charge on any atom is 0.223 e. The summed E-state index contributed by atoms with van der Waals surface area (Å²) in [5.41, 5.74) is 3.21. The van der Waals surface area contributed by atoms with Crippen LogP contribution in [-0.4, -0.2) is 28.6 Å². The van der Waals surface area contributed by atoms with Crippen LogP contribution in [-0.2, 0) is 24.2 Å². The number of nitrogens with zero attached hydrogens (tertiary/aromatic N) is 2. The fraction of sp³-hybridized carbons (Fsp3) is 0.333. The average Bonchev–Trinajstić information content (AvgIpc) is 3.53. The van der Waals surface area contributed by atoms with Crippen LogP contribution >= 0.6 is 0 Å². The minimum absolute atomic E-state index is 0.176. The van der Waals surface area contributed by atoms with E-state index < -0.39 is 0 Å². The molecule has 1 fully saturated rings. The molecular weight excluding hydrogens is 362 g/mol. The highest BCUT2D eigenvalue weighted by Gasteiger charge is 2.29. The van der Waals surface area contributed by atoms with Crippen LogP contribution in [0.1, 0.15) is 24.2 Å². The number of para-hydroxylation sites is 3. The van der Waals surface area contributed by atoms with Crippen LogP contribution in [0.5, 0.6) is 5.75 Å². The van der Waals surface area contributed by atoms with Crippen molar-refractivity contribution in [2.75, 3.05) is 13.2 Å². The summed E-state index contributed by atoms with van der Waals surface area (Å²) in [6.07, 6.45) is 5.43. The van der Waals surface area contributed by atoms with E-state index in [2.05, 4.69) is 28.6 Å². The SMILES string of the molecule is C=CCc1ccccc1OCCn1c(CCNC(=O)C2CC2)nc2ccccc21. The van der Waals surface area contributed by atoms with E-state index in [0.717, 1.165) is 47.4 Å². The van der Waals surface area contributed by atoms with E-state index in [4.69, 9.17) is 9.72 Å². The lowest BCUT2D eigenvalue weighted by molar-refractivity contribution is -0.122. The van der Waals surface area contributed by atoms with Gasteiger partial charge in [0.15, 0.2) is 0 Å². The Bertz CT molecular complexity index is 1000. The molecule has 0 radical (unpaired) electrons. The minimum Gasteiger partial charge on any atom is -0.491 e. The molecule has 150 valence electrons. The van der Waals surface area contributed by atoms with Crippen LogP contribution in [0.2, 0.25) is 0 Å². The lowest BCUT2D eigenvalue weighted by Gasteiger charge is -2.13. The first-order valence-electron chi connectivity index (χ1n) is 10.3. The number of amides is 1. The molecule has 0 unspecified atom stereocenters. The maximum absolute atomic E-state index is 11.9. The molecule has 1 aliphatic carbocycles. The molecule has 0 spiro atoms. The van der Waals surface area contributed by atoms with Gasteiger partial charge in [-0.2, -0.15) is 0 Å². The van der Waals surface area contributed by atoms with Crippen molar-refractivity contribution in [1.29, 1.82) is 0 Å². The summed E-state index contributed by atoms with van der Waals surface area (Å²) < 4.78 is 8.29. The van der Waals surface area contributed by atoms with Crippen molar-refractivity contribution in [3.05, 3.63) is 72.6 Å². The third-order valence-electron chi connectivity index (χ3n) is 5.24. The maximum atomic E-state index is 11.9. The summed E-state index contributed by atoms with van der Waals surface area (Å²) in [5, 5.41) is 3.04. The fourth-order valence-corrected chi connectivity index (χ4v) is 3.57. The van der Waals surface area contributed by atoms with Crippen LogP contribution in [0.3, 0.4) is 0 Å². The van der Waals surface area contributed by atoms with Crippen LogP contribution in [0.25, 0.3) is 11.0 Å². The van der Waals surface area contributed by atoms with Crippen molar-refractivity contribution in [3.8, 4) is 5.75 Å². The quantitative estimate of drug-likeness (QED) is 0.535. The molecule has 4 rings (SSSR count). The lowest BCUT2D eigenvalue weighted by atomic mass is 10.1. The van der Waals surface area contributed by atoms with Crippen LogP contribution in [0.4, 0.5) is 0 Å². The number of carbonyl (C=O) groups excluding carboxylic acids is 1. The zero-order valence-corrected chi connectivity index (χ0v) is 16.6. The van der Waals surface area contributed by atoms with Gasteiger partial charge in [0.05, 0.1) is 17.6 Å². The molecule has 1 heterocycles. The topological polar surface area (TPSA) is 56.1 Å². The Hall–Kier alpha value is -3.08. The number of hydrogen-bond acceptors (Lipinski definition) is 3. The second kappa shape index (κ2) is 8.95. The number of allylic oxidation sites excluding steroid dienone is 1. The normalized spacial score (nSPS) is 13.4.